The zero-order valence-corrected chi connectivity index (χ0v) is 14.4. The smallest absolute Gasteiger partial charge is 0.260 e. The number of fused-ring (bicyclic) bond motifs is 2. The van der Waals surface area contributed by atoms with Gasteiger partial charge >= 0.3 is 0 Å². The summed E-state index contributed by atoms with van der Waals surface area (Å²) in [5.41, 5.74) is 4.45. The largest absolute Gasteiger partial charge is 0.443 e. The summed E-state index contributed by atoms with van der Waals surface area (Å²) < 4.78 is 7.04. The topological polar surface area (TPSA) is 60.9 Å². The van der Waals surface area contributed by atoms with Crippen LogP contribution in [0.2, 0.25) is 0 Å². The number of hydrogen-bond acceptors (Lipinski definition) is 4. The third-order valence-electron chi connectivity index (χ3n) is 4.73. The lowest BCUT2D eigenvalue weighted by Crippen LogP contribution is -2.20. The normalized spacial score (nSPS) is 11.3. The van der Waals surface area contributed by atoms with E-state index in [4.69, 9.17) is 4.42 Å². The van der Waals surface area contributed by atoms with Gasteiger partial charge in [-0.05, 0) is 34.7 Å². The van der Waals surface area contributed by atoms with E-state index in [9.17, 15) is 4.79 Å². The predicted octanol–water partition coefficient (Wildman–Crippen LogP) is 4.25. The molecule has 0 saturated carbocycles. The van der Waals surface area contributed by atoms with Crippen LogP contribution in [-0.4, -0.2) is 14.5 Å². The fourth-order valence-electron chi connectivity index (χ4n) is 3.37. The Labute approximate surface area is 154 Å². The summed E-state index contributed by atoms with van der Waals surface area (Å²) in [5, 5.41) is 1.52. The molecule has 27 heavy (non-hydrogen) atoms. The van der Waals surface area contributed by atoms with Gasteiger partial charge in [0.1, 0.15) is 5.52 Å². The fraction of sp³-hybridized carbons (Fsp3) is 0.0455. The lowest BCUT2D eigenvalue weighted by Gasteiger charge is -2.10. The highest BCUT2D eigenvalue weighted by atomic mass is 16.3. The van der Waals surface area contributed by atoms with Crippen molar-refractivity contribution in [1.29, 1.82) is 0 Å². The molecule has 0 spiro atoms. The van der Waals surface area contributed by atoms with Gasteiger partial charge in [0.15, 0.2) is 12.0 Å². The first-order valence-corrected chi connectivity index (χ1v) is 8.64. The first-order chi connectivity index (χ1) is 13.3. The summed E-state index contributed by atoms with van der Waals surface area (Å²) in [4.78, 5) is 21.4. The molecular formula is C22H15N3O2. The van der Waals surface area contributed by atoms with E-state index >= 15 is 0 Å². The van der Waals surface area contributed by atoms with Gasteiger partial charge in [0, 0.05) is 24.2 Å². The highest BCUT2D eigenvalue weighted by Crippen LogP contribution is 2.25. The zero-order valence-electron chi connectivity index (χ0n) is 14.4. The van der Waals surface area contributed by atoms with Crippen LogP contribution in [0.25, 0.3) is 33.0 Å². The van der Waals surface area contributed by atoms with Crippen LogP contribution in [0.3, 0.4) is 0 Å². The Morgan fingerprint density at radius 2 is 1.85 bits per heavy atom. The van der Waals surface area contributed by atoms with E-state index in [0.717, 1.165) is 33.2 Å². The van der Waals surface area contributed by atoms with E-state index in [2.05, 4.69) is 9.97 Å². The van der Waals surface area contributed by atoms with Crippen molar-refractivity contribution in [2.75, 3.05) is 0 Å². The molecule has 2 aromatic carbocycles. The molecule has 3 heterocycles. The molecule has 0 fully saturated rings. The minimum atomic E-state index is -0.0598. The number of oxazole rings is 1. The lowest BCUT2D eigenvalue weighted by atomic mass is 10.0. The Morgan fingerprint density at radius 1 is 0.963 bits per heavy atom. The highest BCUT2D eigenvalue weighted by molar-refractivity contribution is 5.95. The molecule has 0 atom stereocenters. The van der Waals surface area contributed by atoms with Crippen LogP contribution in [-0.2, 0) is 6.54 Å². The van der Waals surface area contributed by atoms with Crippen molar-refractivity contribution in [1.82, 2.24) is 14.5 Å². The zero-order chi connectivity index (χ0) is 18.2. The summed E-state index contributed by atoms with van der Waals surface area (Å²) in [6, 6.07) is 17.7. The Hall–Kier alpha value is -3.73. The van der Waals surface area contributed by atoms with E-state index in [-0.39, 0.29) is 5.56 Å². The first-order valence-electron chi connectivity index (χ1n) is 8.64. The van der Waals surface area contributed by atoms with E-state index in [1.807, 2.05) is 60.8 Å². The van der Waals surface area contributed by atoms with Gasteiger partial charge in [-0.15, -0.1) is 0 Å². The van der Waals surface area contributed by atoms with Crippen LogP contribution in [0.1, 0.15) is 5.56 Å². The van der Waals surface area contributed by atoms with Crippen molar-refractivity contribution < 1.29 is 4.42 Å². The van der Waals surface area contributed by atoms with Crippen LogP contribution in [0.4, 0.5) is 0 Å². The second kappa shape index (κ2) is 6.21. The van der Waals surface area contributed by atoms with Gasteiger partial charge in [0.25, 0.3) is 5.56 Å². The van der Waals surface area contributed by atoms with Crippen molar-refractivity contribution in [3.63, 3.8) is 0 Å². The maximum atomic E-state index is 13.0. The number of rotatable bonds is 3. The Balaban J connectivity index is 1.60. The number of benzene rings is 2. The van der Waals surface area contributed by atoms with Crippen molar-refractivity contribution in [2.45, 2.75) is 6.54 Å². The van der Waals surface area contributed by atoms with Crippen LogP contribution in [0.15, 0.2) is 88.8 Å². The van der Waals surface area contributed by atoms with Crippen LogP contribution in [0, 0.1) is 0 Å². The van der Waals surface area contributed by atoms with Gasteiger partial charge in [-0.25, -0.2) is 4.98 Å². The summed E-state index contributed by atoms with van der Waals surface area (Å²) in [7, 11) is 0. The molecule has 5 aromatic rings. The molecule has 0 unspecified atom stereocenters. The van der Waals surface area contributed by atoms with Crippen molar-refractivity contribution >= 4 is 21.9 Å². The summed E-state index contributed by atoms with van der Waals surface area (Å²) >= 11 is 0. The minimum absolute atomic E-state index is 0.0598. The quantitative estimate of drug-likeness (QED) is 0.486. The molecule has 5 heteroatoms. The first kappa shape index (κ1) is 15.5. The van der Waals surface area contributed by atoms with E-state index in [1.54, 1.807) is 17.0 Å². The molecule has 5 nitrogen and oxygen atoms in total. The molecule has 3 aromatic heterocycles. The molecule has 0 aliphatic carbocycles. The summed E-state index contributed by atoms with van der Waals surface area (Å²) in [6.07, 6.45) is 6.70. The monoisotopic (exact) mass is 353 g/mol. The van der Waals surface area contributed by atoms with Crippen molar-refractivity contribution in [2.24, 2.45) is 0 Å². The Morgan fingerprint density at radius 3 is 2.74 bits per heavy atom. The lowest BCUT2D eigenvalue weighted by molar-refractivity contribution is 0.601. The fourth-order valence-corrected chi connectivity index (χ4v) is 3.37. The Kier molecular flexibility index (Phi) is 3.57. The maximum Gasteiger partial charge on any atom is 0.260 e. The third-order valence-corrected chi connectivity index (χ3v) is 4.73. The molecule has 0 radical (unpaired) electrons. The minimum Gasteiger partial charge on any atom is -0.443 e. The average Bonchev–Trinajstić information content (AvgIpc) is 3.18. The second-order valence-electron chi connectivity index (χ2n) is 6.42. The molecule has 0 bridgehead atoms. The van der Waals surface area contributed by atoms with Gasteiger partial charge in [-0.1, -0.05) is 36.4 Å². The maximum absolute atomic E-state index is 13.0. The SMILES string of the molecule is O=c1c2cncc(-c3ccccc3)c2ccn1Cc1ccc2ncoc2c1. The van der Waals surface area contributed by atoms with Gasteiger partial charge in [-0.3, -0.25) is 9.78 Å². The van der Waals surface area contributed by atoms with Gasteiger partial charge in [-0.2, -0.15) is 0 Å². The van der Waals surface area contributed by atoms with Gasteiger partial charge < -0.3 is 8.98 Å². The molecule has 0 aliphatic heterocycles. The average molecular weight is 353 g/mol. The third kappa shape index (κ3) is 2.69. The number of hydrogen-bond donors (Lipinski definition) is 0. The Bertz CT molecular complexity index is 1320. The molecule has 5 rings (SSSR count). The van der Waals surface area contributed by atoms with Crippen LogP contribution >= 0.6 is 0 Å². The second-order valence-corrected chi connectivity index (χ2v) is 6.42. The van der Waals surface area contributed by atoms with Gasteiger partial charge in [0.2, 0.25) is 0 Å². The summed E-state index contributed by atoms with van der Waals surface area (Å²) in [5.74, 6) is 0. The molecule has 0 aliphatic rings. The van der Waals surface area contributed by atoms with E-state index < -0.39 is 0 Å². The standard InChI is InChI=1S/C22H15N3O2/c26-22-19-12-23-11-18(16-4-2-1-3-5-16)17(19)8-9-25(22)13-15-6-7-20-21(10-15)27-14-24-20/h1-12,14H,13H2. The molecule has 130 valence electrons. The molecule has 0 amide bonds. The van der Waals surface area contributed by atoms with Crippen molar-refractivity contribution in [3.05, 3.63) is 95.5 Å². The number of aromatic nitrogens is 3. The molecule has 0 N–H and O–H groups in total. The van der Waals surface area contributed by atoms with E-state index in [1.165, 1.54) is 6.39 Å². The van der Waals surface area contributed by atoms with Crippen molar-refractivity contribution in [3.8, 4) is 11.1 Å². The predicted molar refractivity (Wildman–Crippen MR) is 105 cm³/mol. The molecular weight excluding hydrogens is 338 g/mol. The highest BCUT2D eigenvalue weighted by Gasteiger charge is 2.10. The van der Waals surface area contributed by atoms with Crippen LogP contribution in [0.5, 0.6) is 0 Å². The van der Waals surface area contributed by atoms with E-state index in [0.29, 0.717) is 11.9 Å². The number of pyridine rings is 2. The number of nitrogens with zero attached hydrogens (tertiary/aromatic N) is 3. The van der Waals surface area contributed by atoms with Gasteiger partial charge in [0.05, 0.1) is 11.9 Å². The molecule has 0 saturated heterocycles. The van der Waals surface area contributed by atoms with Crippen LogP contribution < -0.4 is 5.56 Å². The summed E-state index contributed by atoms with van der Waals surface area (Å²) in [6.45, 7) is 0.459.